The van der Waals surface area contributed by atoms with E-state index < -0.39 is 45.1 Å². The molecule has 1 aromatic heterocycles. The average Bonchev–Trinajstić information content (AvgIpc) is 2.24. The zero-order valence-corrected chi connectivity index (χ0v) is 10.7. The summed E-state index contributed by atoms with van der Waals surface area (Å²) in [6, 6.07) is 0.472. The maximum Gasteiger partial charge on any atom is 0.404 e. The molecule has 0 bridgehead atoms. The van der Waals surface area contributed by atoms with E-state index in [1.807, 2.05) is 0 Å². The van der Waals surface area contributed by atoms with Crippen LogP contribution in [-0.2, 0) is 14.8 Å². The number of carbonyl (C=O) groups is 1. The summed E-state index contributed by atoms with van der Waals surface area (Å²) in [5.41, 5.74) is -1.20. The van der Waals surface area contributed by atoms with Crippen LogP contribution in [0.2, 0.25) is 0 Å². The minimum atomic E-state index is -4.98. The van der Waals surface area contributed by atoms with Crippen molar-refractivity contribution in [3.05, 3.63) is 23.8 Å². The van der Waals surface area contributed by atoms with Crippen LogP contribution in [0, 0.1) is 5.95 Å². The first-order chi connectivity index (χ1) is 9.04. The predicted molar refractivity (Wildman–Crippen MR) is 59.0 cm³/mol. The predicted octanol–water partition coefficient (Wildman–Crippen LogP) is 1.31. The van der Waals surface area contributed by atoms with Gasteiger partial charge in [-0.1, -0.05) is 0 Å². The molecule has 0 radical (unpaired) electrons. The van der Waals surface area contributed by atoms with Crippen molar-refractivity contribution in [1.82, 2.24) is 4.98 Å². The van der Waals surface area contributed by atoms with E-state index in [1.165, 1.54) is 4.72 Å². The standard InChI is InChI=1S/C9H8F4N2O4S/c1-19-8(16)5-3-14-7(10)2-6(5)15-20(17,18)4-9(11,12)13/h2-3H,4H2,1H3,(H,14,15). The van der Waals surface area contributed by atoms with Gasteiger partial charge in [0.15, 0.2) is 5.75 Å². The third kappa shape index (κ3) is 4.64. The Balaban J connectivity index is 3.14. The number of nitrogens with zero attached hydrogens (tertiary/aromatic N) is 1. The minimum Gasteiger partial charge on any atom is -0.465 e. The van der Waals surface area contributed by atoms with Crippen LogP contribution in [0.5, 0.6) is 0 Å². The van der Waals surface area contributed by atoms with Crippen LogP contribution in [0.4, 0.5) is 23.2 Å². The Morgan fingerprint density at radius 3 is 2.55 bits per heavy atom. The monoisotopic (exact) mass is 316 g/mol. The molecule has 0 aromatic carbocycles. The Labute approximate surface area is 110 Å². The maximum atomic E-state index is 12.9. The summed E-state index contributed by atoms with van der Waals surface area (Å²) in [7, 11) is -3.89. The van der Waals surface area contributed by atoms with Gasteiger partial charge in [-0.3, -0.25) is 4.72 Å². The summed E-state index contributed by atoms with van der Waals surface area (Å²) < 4.78 is 77.4. The van der Waals surface area contributed by atoms with E-state index in [4.69, 9.17) is 0 Å². The highest BCUT2D eigenvalue weighted by atomic mass is 32.2. The van der Waals surface area contributed by atoms with Crippen LogP contribution < -0.4 is 4.72 Å². The second-order valence-corrected chi connectivity index (χ2v) is 5.24. The minimum absolute atomic E-state index is 0.472. The highest BCUT2D eigenvalue weighted by Gasteiger charge is 2.35. The van der Waals surface area contributed by atoms with Crippen LogP contribution in [0.3, 0.4) is 0 Å². The van der Waals surface area contributed by atoms with Gasteiger partial charge in [0, 0.05) is 12.3 Å². The fourth-order valence-electron chi connectivity index (χ4n) is 1.21. The van der Waals surface area contributed by atoms with Crippen molar-refractivity contribution in [3.8, 4) is 0 Å². The Kier molecular flexibility index (Phi) is 4.53. The summed E-state index contributed by atoms with van der Waals surface area (Å²) in [4.78, 5) is 14.4. The molecule has 0 unspecified atom stereocenters. The summed E-state index contributed by atoms with van der Waals surface area (Å²) in [6.07, 6.45) is -4.34. The topological polar surface area (TPSA) is 85.4 Å². The third-order valence-electron chi connectivity index (χ3n) is 1.90. The molecule has 0 amide bonds. The molecule has 1 aromatic rings. The van der Waals surface area contributed by atoms with E-state index in [1.54, 1.807) is 0 Å². The summed E-state index contributed by atoms with van der Waals surface area (Å²) in [5, 5.41) is 0. The first-order valence-corrected chi connectivity index (χ1v) is 6.50. The van der Waals surface area contributed by atoms with Gasteiger partial charge in [-0.05, 0) is 0 Å². The summed E-state index contributed by atoms with van der Waals surface area (Å²) in [5.74, 6) is -4.44. The van der Waals surface area contributed by atoms with Crippen LogP contribution in [0.1, 0.15) is 10.4 Å². The lowest BCUT2D eigenvalue weighted by atomic mass is 10.2. The zero-order valence-electron chi connectivity index (χ0n) is 9.86. The van der Waals surface area contributed by atoms with Gasteiger partial charge >= 0.3 is 12.1 Å². The molecular formula is C9H8F4N2O4S. The van der Waals surface area contributed by atoms with E-state index in [0.717, 1.165) is 7.11 Å². The second kappa shape index (κ2) is 5.61. The Morgan fingerprint density at radius 2 is 2.05 bits per heavy atom. The molecule has 1 rings (SSSR count). The lowest BCUT2D eigenvalue weighted by Gasteiger charge is -2.12. The van der Waals surface area contributed by atoms with Gasteiger partial charge in [0.25, 0.3) is 0 Å². The van der Waals surface area contributed by atoms with Crippen LogP contribution >= 0.6 is 0 Å². The number of ether oxygens (including phenoxy) is 1. The smallest absolute Gasteiger partial charge is 0.404 e. The molecular weight excluding hydrogens is 308 g/mol. The number of hydrogen-bond donors (Lipinski definition) is 1. The quantitative estimate of drug-likeness (QED) is 0.514. The van der Waals surface area contributed by atoms with Crippen molar-refractivity contribution >= 4 is 21.7 Å². The van der Waals surface area contributed by atoms with Gasteiger partial charge in [0.1, 0.15) is 5.56 Å². The van der Waals surface area contributed by atoms with Crippen LogP contribution in [-0.4, -0.2) is 38.4 Å². The van der Waals surface area contributed by atoms with E-state index in [-0.39, 0.29) is 0 Å². The second-order valence-electron chi connectivity index (χ2n) is 3.52. The van der Waals surface area contributed by atoms with Crippen molar-refractivity contribution in [1.29, 1.82) is 0 Å². The van der Waals surface area contributed by atoms with Crippen LogP contribution in [0.15, 0.2) is 12.3 Å². The SMILES string of the molecule is COC(=O)c1cnc(F)cc1NS(=O)(=O)CC(F)(F)F. The zero-order chi connectivity index (χ0) is 15.6. The molecule has 20 heavy (non-hydrogen) atoms. The van der Waals surface area contributed by atoms with E-state index in [9.17, 15) is 30.8 Å². The number of alkyl halides is 3. The molecule has 0 saturated heterocycles. The molecule has 0 aliphatic heterocycles. The molecule has 0 aliphatic carbocycles. The molecule has 6 nitrogen and oxygen atoms in total. The fourth-order valence-corrected chi connectivity index (χ4v) is 2.21. The largest absolute Gasteiger partial charge is 0.465 e. The molecule has 112 valence electrons. The lowest BCUT2D eigenvalue weighted by molar-refractivity contribution is -0.106. The number of methoxy groups -OCH3 is 1. The van der Waals surface area contributed by atoms with Crippen LogP contribution in [0.25, 0.3) is 0 Å². The van der Waals surface area contributed by atoms with Crippen molar-refractivity contribution in [2.24, 2.45) is 0 Å². The van der Waals surface area contributed by atoms with Gasteiger partial charge in [-0.2, -0.15) is 17.6 Å². The molecule has 0 saturated carbocycles. The van der Waals surface area contributed by atoms with Crippen molar-refractivity contribution in [3.63, 3.8) is 0 Å². The number of hydrogen-bond acceptors (Lipinski definition) is 5. The molecule has 0 fully saturated rings. The van der Waals surface area contributed by atoms with E-state index >= 15 is 0 Å². The number of carbonyl (C=O) groups excluding carboxylic acids is 1. The van der Waals surface area contributed by atoms with E-state index in [0.29, 0.717) is 12.3 Å². The number of nitrogens with one attached hydrogen (secondary N) is 1. The number of sulfonamides is 1. The molecule has 0 aliphatic rings. The Hall–Kier alpha value is -1.91. The highest BCUT2D eigenvalue weighted by molar-refractivity contribution is 7.92. The molecule has 0 atom stereocenters. The van der Waals surface area contributed by atoms with Gasteiger partial charge in [-0.15, -0.1) is 0 Å². The normalized spacial score (nSPS) is 12.1. The first kappa shape index (κ1) is 16.1. The first-order valence-electron chi connectivity index (χ1n) is 4.85. The number of halogens is 4. The fraction of sp³-hybridized carbons (Fsp3) is 0.333. The lowest BCUT2D eigenvalue weighted by Crippen LogP contribution is -2.28. The number of anilines is 1. The average molecular weight is 316 g/mol. The molecule has 0 spiro atoms. The van der Waals surface area contributed by atoms with Gasteiger partial charge in [0.2, 0.25) is 16.0 Å². The number of rotatable bonds is 4. The third-order valence-corrected chi connectivity index (χ3v) is 3.13. The van der Waals surface area contributed by atoms with Gasteiger partial charge < -0.3 is 4.74 Å². The molecule has 1 heterocycles. The van der Waals surface area contributed by atoms with Crippen molar-refractivity contribution in [2.45, 2.75) is 6.18 Å². The molecule has 11 heteroatoms. The molecule has 1 N–H and O–H groups in total. The maximum absolute atomic E-state index is 12.9. The van der Waals surface area contributed by atoms with Crippen molar-refractivity contribution < 1.29 is 35.5 Å². The summed E-state index contributed by atoms with van der Waals surface area (Å²) >= 11 is 0. The Morgan fingerprint density at radius 1 is 1.45 bits per heavy atom. The number of aromatic nitrogens is 1. The van der Waals surface area contributed by atoms with Gasteiger partial charge in [-0.25, -0.2) is 18.2 Å². The highest BCUT2D eigenvalue weighted by Crippen LogP contribution is 2.22. The Bertz CT molecular complexity index is 615. The van der Waals surface area contributed by atoms with E-state index in [2.05, 4.69) is 9.72 Å². The summed E-state index contributed by atoms with van der Waals surface area (Å²) in [6.45, 7) is 0. The van der Waals surface area contributed by atoms with Crippen molar-refractivity contribution in [2.75, 3.05) is 17.6 Å². The number of esters is 1. The van der Waals surface area contributed by atoms with Gasteiger partial charge in [0.05, 0.1) is 12.8 Å². The number of pyridine rings is 1.